The third-order valence-electron chi connectivity index (χ3n) is 6.13. The smallest absolute Gasteiger partial charge is 0.308 e. The van der Waals surface area contributed by atoms with Crippen LogP contribution >= 0.6 is 11.8 Å². The van der Waals surface area contributed by atoms with Crippen molar-refractivity contribution in [2.75, 3.05) is 22.5 Å². The number of aryl methyl sites for hydroxylation is 2. The van der Waals surface area contributed by atoms with Crippen molar-refractivity contribution in [3.05, 3.63) is 94.8 Å². The van der Waals surface area contributed by atoms with E-state index in [2.05, 4.69) is 5.32 Å². The second-order valence-corrected chi connectivity index (χ2v) is 9.77. The zero-order valence-electron chi connectivity index (χ0n) is 18.5. The Bertz CT molecular complexity index is 1250. The molecule has 2 aliphatic rings. The van der Waals surface area contributed by atoms with Gasteiger partial charge in [-0.2, -0.15) is 0 Å². The van der Waals surface area contributed by atoms with Crippen LogP contribution in [0.15, 0.2) is 66.7 Å². The fourth-order valence-corrected chi connectivity index (χ4v) is 5.97. The summed E-state index contributed by atoms with van der Waals surface area (Å²) in [6.45, 7) is 4.86. The molecule has 0 radical (unpaired) electrons. The maximum atomic E-state index is 14.0. The van der Waals surface area contributed by atoms with E-state index in [1.54, 1.807) is 21.9 Å². The third kappa shape index (κ3) is 3.66. The van der Waals surface area contributed by atoms with Gasteiger partial charge in [-0.3, -0.25) is 9.69 Å². The van der Waals surface area contributed by atoms with Crippen LogP contribution in [0.5, 0.6) is 0 Å². The number of nitrogens with one attached hydrogen (secondary N) is 1. The van der Waals surface area contributed by atoms with E-state index in [1.165, 1.54) is 23.9 Å². The van der Waals surface area contributed by atoms with Crippen LogP contribution in [0.4, 0.5) is 20.6 Å². The van der Waals surface area contributed by atoms with Gasteiger partial charge in [0.05, 0.1) is 12.2 Å². The number of nitrogens with zero attached hydrogens (tertiary/aromatic N) is 2. The minimum absolute atomic E-state index is 0.124. The number of amides is 3. The topological polar surface area (TPSA) is 52.7 Å². The number of carbonyl (C=O) groups excluding carboxylic acids is 2. The molecule has 2 heterocycles. The number of thioether (sulfide) groups is 1. The van der Waals surface area contributed by atoms with Crippen molar-refractivity contribution in [2.24, 2.45) is 0 Å². The first-order valence-electron chi connectivity index (χ1n) is 10.9. The Morgan fingerprint density at radius 3 is 2.58 bits per heavy atom. The van der Waals surface area contributed by atoms with Crippen LogP contribution in [0.1, 0.15) is 22.3 Å². The van der Waals surface area contributed by atoms with Gasteiger partial charge in [-0.1, -0.05) is 53.6 Å². The fourth-order valence-electron chi connectivity index (χ4n) is 4.52. The van der Waals surface area contributed by atoms with Crippen LogP contribution in [-0.2, 0) is 16.2 Å². The number of halogens is 1. The van der Waals surface area contributed by atoms with E-state index in [4.69, 9.17) is 0 Å². The average Bonchev–Trinajstić information content (AvgIpc) is 3.32. The lowest BCUT2D eigenvalue weighted by Crippen LogP contribution is -2.51. The van der Waals surface area contributed by atoms with E-state index in [-0.39, 0.29) is 5.91 Å². The molecular weight excluding hydrogens is 437 g/mol. The highest BCUT2D eigenvalue weighted by Crippen LogP contribution is 2.54. The predicted molar refractivity (Wildman–Crippen MR) is 130 cm³/mol. The predicted octanol–water partition coefficient (Wildman–Crippen LogP) is 5.42. The number of benzene rings is 3. The molecule has 1 fully saturated rings. The monoisotopic (exact) mass is 461 g/mol. The van der Waals surface area contributed by atoms with Gasteiger partial charge in [-0.15, -0.1) is 11.8 Å². The maximum absolute atomic E-state index is 14.0. The number of anilines is 2. The number of urea groups is 1. The van der Waals surface area contributed by atoms with Crippen molar-refractivity contribution in [3.63, 3.8) is 0 Å². The molecule has 5 nitrogen and oxygen atoms in total. The molecule has 1 atom stereocenters. The normalized spacial score (nSPS) is 19.3. The molecule has 5 rings (SSSR count). The molecule has 1 N–H and O–H groups in total. The zero-order chi connectivity index (χ0) is 23.2. The van der Waals surface area contributed by atoms with E-state index in [1.807, 2.05) is 56.3 Å². The molecule has 1 saturated heterocycles. The molecule has 2 aliphatic heterocycles. The lowest BCUT2D eigenvalue weighted by Gasteiger charge is -2.33. The number of hydrogen-bond acceptors (Lipinski definition) is 3. The molecule has 33 heavy (non-hydrogen) atoms. The Hall–Kier alpha value is -3.32. The first kappa shape index (κ1) is 21.5. The van der Waals surface area contributed by atoms with Crippen LogP contribution in [0.2, 0.25) is 0 Å². The van der Waals surface area contributed by atoms with Gasteiger partial charge in [0.15, 0.2) is 4.87 Å². The summed E-state index contributed by atoms with van der Waals surface area (Å²) in [4.78, 5) is 29.6. The Balaban J connectivity index is 1.53. The van der Waals surface area contributed by atoms with Gasteiger partial charge in [-0.05, 0) is 43.7 Å². The van der Waals surface area contributed by atoms with Crippen molar-refractivity contribution in [1.29, 1.82) is 0 Å². The lowest BCUT2D eigenvalue weighted by molar-refractivity contribution is -0.123. The lowest BCUT2D eigenvalue weighted by atomic mass is 10.0. The van der Waals surface area contributed by atoms with Crippen LogP contribution in [0.25, 0.3) is 0 Å². The van der Waals surface area contributed by atoms with Crippen LogP contribution in [0.3, 0.4) is 0 Å². The Labute approximate surface area is 196 Å². The molecule has 0 unspecified atom stereocenters. The summed E-state index contributed by atoms with van der Waals surface area (Å²) >= 11 is 1.48. The molecule has 3 amide bonds. The van der Waals surface area contributed by atoms with Crippen LogP contribution in [0, 0.1) is 19.7 Å². The Kier molecular flexibility index (Phi) is 5.37. The maximum Gasteiger partial charge on any atom is 0.323 e. The van der Waals surface area contributed by atoms with Crippen molar-refractivity contribution < 1.29 is 14.0 Å². The largest absolute Gasteiger partial charge is 0.323 e. The first-order valence-corrected chi connectivity index (χ1v) is 11.8. The van der Waals surface area contributed by atoms with Gasteiger partial charge in [0.1, 0.15) is 5.82 Å². The molecule has 3 aromatic carbocycles. The van der Waals surface area contributed by atoms with Gasteiger partial charge >= 0.3 is 6.03 Å². The minimum atomic E-state index is -1.14. The zero-order valence-corrected chi connectivity index (χ0v) is 19.3. The Morgan fingerprint density at radius 2 is 1.82 bits per heavy atom. The second-order valence-electron chi connectivity index (χ2n) is 8.48. The highest BCUT2D eigenvalue weighted by atomic mass is 32.2. The summed E-state index contributed by atoms with van der Waals surface area (Å²) in [5.41, 5.74) is 5.22. The molecule has 3 aromatic rings. The summed E-state index contributed by atoms with van der Waals surface area (Å²) in [5, 5.41) is 2.78. The number of rotatable bonds is 3. The Morgan fingerprint density at radius 1 is 1.06 bits per heavy atom. The summed E-state index contributed by atoms with van der Waals surface area (Å²) < 4.78 is 13.6. The molecule has 1 spiro atoms. The van der Waals surface area contributed by atoms with Gasteiger partial charge < -0.3 is 10.2 Å². The van der Waals surface area contributed by atoms with E-state index >= 15 is 0 Å². The highest BCUT2D eigenvalue weighted by molar-refractivity contribution is 8.01. The van der Waals surface area contributed by atoms with Crippen molar-refractivity contribution in [3.8, 4) is 0 Å². The summed E-state index contributed by atoms with van der Waals surface area (Å²) in [6.07, 6.45) is 0. The van der Waals surface area contributed by atoms with Crippen molar-refractivity contribution >= 4 is 35.1 Å². The van der Waals surface area contributed by atoms with Gasteiger partial charge in [0, 0.05) is 23.5 Å². The highest BCUT2D eigenvalue weighted by Gasteiger charge is 2.59. The quantitative estimate of drug-likeness (QED) is 0.566. The van der Waals surface area contributed by atoms with E-state index in [0.29, 0.717) is 24.5 Å². The van der Waals surface area contributed by atoms with E-state index < -0.39 is 16.7 Å². The van der Waals surface area contributed by atoms with Crippen molar-refractivity contribution in [2.45, 2.75) is 25.3 Å². The molecule has 0 aliphatic carbocycles. The SMILES string of the molecule is Cc1ccc(CN2C(=O)[C@]3(SCCN3C(=O)Nc3cccc(F)c3)c3cc(C)ccc32)cc1. The summed E-state index contributed by atoms with van der Waals surface area (Å²) in [6, 6.07) is 19.4. The fraction of sp³-hybridized carbons (Fsp3) is 0.231. The number of hydrogen-bond donors (Lipinski definition) is 1. The second kappa shape index (κ2) is 8.23. The van der Waals surface area contributed by atoms with E-state index in [0.717, 1.165) is 27.9 Å². The molecular formula is C26H24FN3O2S. The van der Waals surface area contributed by atoms with Crippen molar-refractivity contribution in [1.82, 2.24) is 4.90 Å². The summed E-state index contributed by atoms with van der Waals surface area (Å²) in [7, 11) is 0. The molecule has 168 valence electrons. The van der Waals surface area contributed by atoms with Gasteiger partial charge in [0.2, 0.25) is 0 Å². The minimum Gasteiger partial charge on any atom is -0.308 e. The molecule has 0 aromatic heterocycles. The third-order valence-corrected chi connectivity index (χ3v) is 7.55. The molecule has 0 saturated carbocycles. The van der Waals surface area contributed by atoms with E-state index in [9.17, 15) is 14.0 Å². The number of fused-ring (bicyclic) bond motifs is 2. The molecule has 7 heteroatoms. The first-order chi connectivity index (χ1) is 15.9. The van der Waals surface area contributed by atoms with Gasteiger partial charge in [0.25, 0.3) is 5.91 Å². The van der Waals surface area contributed by atoms with Crippen LogP contribution < -0.4 is 10.2 Å². The standard InChI is InChI=1S/C26H24FN3O2S/c1-17-6-9-19(10-7-17)16-29-23-11-8-18(2)14-22(23)26(24(29)31)30(12-13-33-26)25(32)28-21-5-3-4-20(27)15-21/h3-11,14-15H,12-13,16H2,1-2H3,(H,28,32)/t26-/m1/s1. The average molecular weight is 462 g/mol. The number of carbonyl (C=O) groups is 2. The summed E-state index contributed by atoms with van der Waals surface area (Å²) in [5.74, 6) is 0.0784. The van der Waals surface area contributed by atoms with Gasteiger partial charge in [-0.25, -0.2) is 9.18 Å². The molecule has 0 bridgehead atoms. The van der Waals surface area contributed by atoms with Crippen LogP contribution in [-0.4, -0.2) is 29.1 Å².